The van der Waals surface area contributed by atoms with E-state index in [1.165, 1.54) is 41.6 Å². The lowest BCUT2D eigenvalue weighted by Gasteiger charge is -2.33. The second kappa shape index (κ2) is 10.8. The molecule has 0 saturated heterocycles. The molecule has 142 valence electrons. The van der Waals surface area contributed by atoms with Crippen LogP contribution in [0.15, 0.2) is 91.0 Å². The predicted octanol–water partition coefficient (Wildman–Crippen LogP) is 2.95. The lowest BCUT2D eigenvalue weighted by molar-refractivity contribution is -0.00000524. The van der Waals surface area contributed by atoms with Crippen molar-refractivity contribution in [2.75, 3.05) is 0 Å². The molecule has 0 aliphatic heterocycles. The van der Waals surface area contributed by atoms with Gasteiger partial charge in [0.2, 0.25) is 0 Å². The molecule has 0 fully saturated rings. The summed E-state index contributed by atoms with van der Waals surface area (Å²) in [4.78, 5) is 0. The zero-order valence-electron chi connectivity index (χ0n) is 16.4. The molecule has 0 nitrogen and oxygen atoms in total. The van der Waals surface area contributed by atoms with Gasteiger partial charge in [0.1, 0.15) is 23.2 Å². The molecule has 0 amide bonds. The monoisotopic (exact) mass is 440 g/mol. The Labute approximate surface area is 176 Å². The van der Waals surface area contributed by atoms with Crippen LogP contribution in [0, 0.1) is 0 Å². The average Bonchev–Trinajstić information content (AvgIpc) is 2.71. The molecular formula is C25H30BrP. The van der Waals surface area contributed by atoms with Gasteiger partial charge >= 0.3 is 0 Å². The Balaban J connectivity index is 0.00000261. The van der Waals surface area contributed by atoms with E-state index in [1.807, 2.05) is 0 Å². The first kappa shape index (κ1) is 21.9. The van der Waals surface area contributed by atoms with Gasteiger partial charge in [-0.3, -0.25) is 0 Å². The summed E-state index contributed by atoms with van der Waals surface area (Å²) in [5.74, 6) is 0. The van der Waals surface area contributed by atoms with Gasteiger partial charge in [-0.2, -0.15) is 0 Å². The smallest absolute Gasteiger partial charge is 0.114 e. The fraction of sp³-hybridized carbons (Fsp3) is 0.280. The second-order valence-electron chi connectivity index (χ2n) is 7.07. The third-order valence-electron chi connectivity index (χ3n) is 5.38. The lowest BCUT2D eigenvalue weighted by Crippen LogP contribution is -3.00. The highest BCUT2D eigenvalue weighted by Crippen LogP contribution is 2.60. The molecule has 1 atom stereocenters. The van der Waals surface area contributed by atoms with Crippen LogP contribution in [0.2, 0.25) is 0 Å². The van der Waals surface area contributed by atoms with Crippen molar-refractivity contribution in [1.29, 1.82) is 0 Å². The van der Waals surface area contributed by atoms with Crippen molar-refractivity contribution < 1.29 is 17.0 Å². The molecule has 2 heteroatoms. The van der Waals surface area contributed by atoms with E-state index >= 15 is 0 Å². The summed E-state index contributed by atoms with van der Waals surface area (Å²) in [6, 6.07) is 33.7. The minimum Gasteiger partial charge on any atom is -1.00 e. The number of rotatable bonds is 8. The first-order valence-electron chi connectivity index (χ1n) is 9.85. The molecule has 1 unspecified atom stereocenters. The van der Waals surface area contributed by atoms with E-state index < -0.39 is 7.26 Å². The summed E-state index contributed by atoms with van der Waals surface area (Å²) in [6.45, 7) is 4.77. The summed E-state index contributed by atoms with van der Waals surface area (Å²) in [7, 11) is -1.68. The molecular weight excluding hydrogens is 411 g/mol. The molecule has 3 aromatic rings. The van der Waals surface area contributed by atoms with Crippen molar-refractivity contribution in [1.82, 2.24) is 0 Å². The molecule has 0 aliphatic carbocycles. The highest BCUT2D eigenvalue weighted by Gasteiger charge is 2.49. The van der Waals surface area contributed by atoms with Crippen molar-refractivity contribution in [2.24, 2.45) is 0 Å². The molecule has 0 radical (unpaired) electrons. The Morgan fingerprint density at radius 3 is 1.33 bits per heavy atom. The fourth-order valence-corrected chi connectivity index (χ4v) is 9.00. The Bertz CT molecular complexity index is 675. The molecule has 0 N–H and O–H groups in total. The summed E-state index contributed by atoms with van der Waals surface area (Å²) in [5, 5.41) is 4.50. The van der Waals surface area contributed by atoms with Crippen LogP contribution >= 0.6 is 7.26 Å². The zero-order valence-corrected chi connectivity index (χ0v) is 18.9. The number of hydrogen-bond donors (Lipinski definition) is 0. The number of hydrogen-bond acceptors (Lipinski definition) is 0. The first-order valence-corrected chi connectivity index (χ1v) is 11.7. The molecule has 0 aliphatic rings. The normalized spacial score (nSPS) is 12.2. The van der Waals surface area contributed by atoms with Gasteiger partial charge < -0.3 is 17.0 Å². The maximum absolute atomic E-state index is 2.48. The van der Waals surface area contributed by atoms with E-state index in [0.29, 0.717) is 5.66 Å². The van der Waals surface area contributed by atoms with Gasteiger partial charge in [-0.05, 0) is 56.2 Å². The summed E-state index contributed by atoms with van der Waals surface area (Å²) in [6.07, 6.45) is 5.19. The van der Waals surface area contributed by atoms with Crippen molar-refractivity contribution >= 4 is 23.2 Å². The Morgan fingerprint density at radius 1 is 0.630 bits per heavy atom. The molecule has 3 aromatic carbocycles. The summed E-state index contributed by atoms with van der Waals surface area (Å²) < 4.78 is 0. The van der Waals surface area contributed by atoms with E-state index in [1.54, 1.807) is 0 Å². The summed E-state index contributed by atoms with van der Waals surface area (Å²) in [5.41, 5.74) is 0.626. The van der Waals surface area contributed by atoms with Gasteiger partial charge in [0.05, 0.1) is 5.66 Å². The van der Waals surface area contributed by atoms with Gasteiger partial charge in [-0.25, -0.2) is 0 Å². The Morgan fingerprint density at radius 2 is 1.00 bits per heavy atom. The number of unbranched alkanes of at least 4 members (excludes halogenated alkanes) is 2. The van der Waals surface area contributed by atoms with Crippen molar-refractivity contribution in [3.05, 3.63) is 91.0 Å². The highest BCUT2D eigenvalue weighted by atomic mass is 79.9. The first-order chi connectivity index (χ1) is 12.8. The van der Waals surface area contributed by atoms with E-state index in [0.717, 1.165) is 0 Å². The van der Waals surface area contributed by atoms with Crippen molar-refractivity contribution in [3.63, 3.8) is 0 Å². The zero-order chi connectivity index (χ0) is 18.2. The van der Waals surface area contributed by atoms with Gasteiger partial charge in [-0.15, -0.1) is 0 Å². The van der Waals surface area contributed by atoms with Crippen LogP contribution in [0.3, 0.4) is 0 Å². The van der Waals surface area contributed by atoms with Crippen molar-refractivity contribution in [3.8, 4) is 0 Å². The minimum atomic E-state index is -1.68. The predicted molar refractivity (Wildman–Crippen MR) is 119 cm³/mol. The third kappa shape index (κ3) is 4.71. The molecule has 27 heavy (non-hydrogen) atoms. The quantitative estimate of drug-likeness (QED) is 0.373. The van der Waals surface area contributed by atoms with Crippen LogP contribution < -0.4 is 32.9 Å². The van der Waals surface area contributed by atoms with E-state index in [2.05, 4.69) is 105 Å². The van der Waals surface area contributed by atoms with Crippen LogP contribution in [0.1, 0.15) is 39.5 Å². The molecule has 0 heterocycles. The van der Waals surface area contributed by atoms with Crippen LogP contribution in [0.25, 0.3) is 0 Å². The minimum absolute atomic E-state index is 0. The van der Waals surface area contributed by atoms with Gasteiger partial charge in [0, 0.05) is 0 Å². The number of benzene rings is 3. The molecule has 0 bridgehead atoms. The maximum atomic E-state index is 2.48. The van der Waals surface area contributed by atoms with Gasteiger partial charge in [0.15, 0.2) is 0 Å². The standard InChI is InChI=1S/C25H30P.BrH/c1-3-4-8-15-22(2)26(23-16-9-5-10-17-23,24-18-11-6-12-19-24)25-20-13-7-14-21-25;/h5-7,9-14,16-22H,3-4,8,15H2,1-2H3;1H/q+1;/p-1. The Kier molecular flexibility index (Phi) is 8.74. The Hall–Kier alpha value is -1.43. The topological polar surface area (TPSA) is 0 Å². The van der Waals surface area contributed by atoms with E-state index in [9.17, 15) is 0 Å². The average molecular weight is 441 g/mol. The fourth-order valence-electron chi connectivity index (χ4n) is 4.08. The maximum Gasteiger partial charge on any atom is 0.114 e. The van der Waals surface area contributed by atoms with E-state index in [-0.39, 0.29) is 17.0 Å². The molecule has 0 aromatic heterocycles. The van der Waals surface area contributed by atoms with Crippen LogP contribution in [0.5, 0.6) is 0 Å². The van der Waals surface area contributed by atoms with Gasteiger partial charge in [-0.1, -0.05) is 74.4 Å². The molecule has 3 rings (SSSR count). The molecule has 0 spiro atoms. The van der Waals surface area contributed by atoms with Crippen LogP contribution in [0.4, 0.5) is 0 Å². The lowest BCUT2D eigenvalue weighted by atomic mass is 10.2. The van der Waals surface area contributed by atoms with Crippen LogP contribution in [-0.2, 0) is 0 Å². The van der Waals surface area contributed by atoms with Crippen LogP contribution in [-0.4, -0.2) is 5.66 Å². The highest BCUT2D eigenvalue weighted by molar-refractivity contribution is 7.96. The van der Waals surface area contributed by atoms with Gasteiger partial charge in [0.25, 0.3) is 0 Å². The second-order valence-corrected chi connectivity index (χ2v) is 11.0. The SMILES string of the molecule is CCCCCC(C)[P+](c1ccccc1)(c1ccccc1)c1ccccc1.[Br-]. The third-order valence-corrected chi connectivity index (χ3v) is 10.3. The van der Waals surface area contributed by atoms with E-state index in [4.69, 9.17) is 0 Å². The van der Waals surface area contributed by atoms with Crippen molar-refractivity contribution in [2.45, 2.75) is 45.2 Å². The largest absolute Gasteiger partial charge is 1.00 e. The molecule has 0 saturated carbocycles. The summed E-state index contributed by atoms with van der Waals surface area (Å²) >= 11 is 0. The number of halogens is 1.